The quantitative estimate of drug-likeness (QED) is 0.247. The zero-order chi connectivity index (χ0) is 10.3. The van der Waals surface area contributed by atoms with E-state index < -0.39 is 23.9 Å². The largest absolute Gasteiger partial charge is 0.539 e. The number of rotatable bonds is 0. The van der Waals surface area contributed by atoms with Gasteiger partial charge in [-0.05, 0) is 0 Å². The number of carbonyl (C=O) groups is 4. The number of carbonyl (C=O) groups excluding carboxylic acids is 1. The Morgan fingerprint density at radius 1 is 0.706 bits per heavy atom. The fraction of sp³-hybridized carbons (Fsp3) is 0. The molecule has 0 aromatic carbocycles. The molecule has 0 aromatic heterocycles. The van der Waals surface area contributed by atoms with Crippen molar-refractivity contribution in [1.29, 1.82) is 0 Å². The molecular weight excluding hydrogens is 294 g/mol. The van der Waals surface area contributed by atoms with Crippen LogP contribution in [0.3, 0.4) is 0 Å². The van der Waals surface area contributed by atoms with E-state index in [0.717, 1.165) is 0 Å². The van der Waals surface area contributed by atoms with Crippen LogP contribution in [0, 0.1) is 0 Å². The molecule has 0 bridgehead atoms. The van der Waals surface area contributed by atoms with Crippen LogP contribution >= 0.6 is 0 Å². The minimum atomic E-state index is -2.07. The van der Waals surface area contributed by atoms with Crippen molar-refractivity contribution < 1.29 is 73.1 Å². The molecule has 0 saturated carbocycles. The van der Waals surface area contributed by atoms with Crippen LogP contribution in [0.15, 0.2) is 0 Å². The van der Waals surface area contributed by atoms with Crippen molar-refractivity contribution in [3.63, 3.8) is 0 Å². The Morgan fingerprint density at radius 3 is 0.824 bits per heavy atom. The normalized spacial score (nSPS) is 5.18. The molecule has 0 amide bonds. The average Bonchev–Trinajstić information content (AvgIpc) is 1.88. The second kappa shape index (κ2) is 23.8. The summed E-state index contributed by atoms with van der Waals surface area (Å²) in [5.74, 6) is -7.66. The molecule has 0 radical (unpaired) electrons. The summed E-state index contributed by atoms with van der Waals surface area (Å²) in [6, 6.07) is 0. The maximum atomic E-state index is 9.10. The van der Waals surface area contributed by atoms with Crippen LogP contribution in [-0.2, 0) is 36.2 Å². The first-order chi connectivity index (χ1) is 5.29. The van der Waals surface area contributed by atoms with Gasteiger partial charge in [-0.25, -0.2) is 14.4 Å². The maximum Gasteiger partial charge on any atom is 0.414 e. The molecule has 0 spiro atoms. The van der Waals surface area contributed by atoms with Crippen LogP contribution in [0.4, 0.5) is 0 Å². The van der Waals surface area contributed by atoms with Crippen molar-refractivity contribution in [1.82, 2.24) is 6.15 Å². The van der Waals surface area contributed by atoms with Crippen molar-refractivity contribution >= 4 is 23.9 Å². The van der Waals surface area contributed by atoms with E-state index in [9.17, 15) is 0 Å². The monoisotopic (exact) mass is 307 g/mol. The molecule has 0 aliphatic rings. The summed E-state index contributed by atoms with van der Waals surface area (Å²) in [4.78, 5) is 36.2. The smallest absolute Gasteiger partial charge is 0.414 e. The first kappa shape index (κ1) is 45.5. The molecule has 0 aromatic rings. The second-order valence-electron chi connectivity index (χ2n) is 1.20. The summed E-state index contributed by atoms with van der Waals surface area (Å²) < 4.78 is 0. The molecule has 13 N–H and O–H groups in total. The predicted molar refractivity (Wildman–Crippen MR) is 44.7 cm³/mol. The number of carboxylic acids is 4. The molecule has 0 aliphatic carbocycles. The summed E-state index contributed by atoms with van der Waals surface area (Å²) in [6.07, 6.45) is 0. The fourth-order valence-corrected chi connectivity index (χ4v) is 0. The van der Waals surface area contributed by atoms with E-state index >= 15 is 0 Å². The van der Waals surface area contributed by atoms with Gasteiger partial charge in [-0.15, -0.1) is 0 Å². The van der Waals surface area contributed by atoms with Gasteiger partial charge in [0.1, 0.15) is 0 Å². The van der Waals surface area contributed by atoms with E-state index in [0.29, 0.717) is 0 Å². The molecule has 0 fully saturated rings. The fourth-order valence-electron chi connectivity index (χ4n) is 0. The molecule has 0 aliphatic heterocycles. The standard InChI is InChI=1S/2C2H2O4.Fe.H3N.3H2O/c2*3-1(4)2(5)6;;;;;/h2*(H,3,4)(H,5,6);;1H3;3*1H2. The van der Waals surface area contributed by atoms with Crippen molar-refractivity contribution in [3.05, 3.63) is 0 Å². The average molecular weight is 307 g/mol. The molecule has 0 saturated heterocycles. The summed E-state index contributed by atoms with van der Waals surface area (Å²) in [5.41, 5.74) is 0. The molecular formula is C4H13FeNO11. The number of quaternary nitrogens is 1. The van der Waals surface area contributed by atoms with Gasteiger partial charge >= 0.3 is 17.9 Å². The molecule has 13 heteroatoms. The number of aliphatic carboxylic acids is 4. The van der Waals surface area contributed by atoms with Crippen LogP contribution in [0.25, 0.3) is 0 Å². The van der Waals surface area contributed by atoms with Crippen molar-refractivity contribution in [2.45, 2.75) is 0 Å². The molecule has 108 valence electrons. The van der Waals surface area contributed by atoms with Gasteiger partial charge in [0.05, 0.1) is 0 Å². The third kappa shape index (κ3) is 54.8. The first-order valence-electron chi connectivity index (χ1n) is 2.19. The summed E-state index contributed by atoms with van der Waals surface area (Å²) in [5, 5.41) is 31.1. The molecule has 0 heterocycles. The summed E-state index contributed by atoms with van der Waals surface area (Å²) >= 11 is 0. The summed E-state index contributed by atoms with van der Waals surface area (Å²) in [6.45, 7) is 0. The topological polar surface area (TPSA) is 283 Å². The van der Waals surface area contributed by atoms with Gasteiger partial charge < -0.3 is 47.8 Å². The number of carboxylic acid groups (broad SMARTS) is 4. The molecule has 0 unspecified atom stereocenters. The van der Waals surface area contributed by atoms with E-state index in [-0.39, 0.29) is 39.6 Å². The van der Waals surface area contributed by atoms with Crippen molar-refractivity contribution in [2.75, 3.05) is 0 Å². The molecule has 12 nitrogen and oxygen atoms in total. The zero-order valence-electron chi connectivity index (χ0n) is 8.24. The molecule has 17 heavy (non-hydrogen) atoms. The van der Waals surface area contributed by atoms with E-state index in [1.807, 2.05) is 0 Å². The Balaban J connectivity index is -0.0000000182. The van der Waals surface area contributed by atoms with Gasteiger partial charge in [0.15, 0.2) is 5.97 Å². The van der Waals surface area contributed by atoms with Crippen LogP contribution in [-0.4, -0.2) is 55.6 Å². The minimum Gasteiger partial charge on any atom is -0.539 e. The van der Waals surface area contributed by atoms with E-state index in [1.165, 1.54) is 0 Å². The van der Waals surface area contributed by atoms with Crippen LogP contribution in [0.2, 0.25) is 0 Å². The van der Waals surface area contributed by atoms with E-state index in [2.05, 4.69) is 0 Å². The van der Waals surface area contributed by atoms with Gasteiger partial charge in [-0.3, -0.25) is 0 Å². The third-order valence-corrected chi connectivity index (χ3v) is 0.358. The number of hydrogen-bond donors (Lipinski definition) is 4. The Kier molecular flexibility index (Phi) is 63.7. The van der Waals surface area contributed by atoms with Gasteiger partial charge in [-0.1, -0.05) is 0 Å². The Bertz CT molecular complexity index is 180. The third-order valence-electron chi connectivity index (χ3n) is 0.358. The van der Waals surface area contributed by atoms with Crippen LogP contribution < -0.4 is 11.3 Å². The van der Waals surface area contributed by atoms with Crippen molar-refractivity contribution in [3.8, 4) is 0 Å². The van der Waals surface area contributed by atoms with Gasteiger partial charge in [0.2, 0.25) is 0 Å². The zero-order valence-corrected chi connectivity index (χ0v) is 9.34. The van der Waals surface area contributed by atoms with Crippen LogP contribution in [0.1, 0.15) is 0 Å². The molecule has 0 rings (SSSR count). The van der Waals surface area contributed by atoms with Gasteiger partial charge in [0.25, 0.3) is 0 Å². The minimum absolute atomic E-state index is 0. The van der Waals surface area contributed by atoms with Gasteiger partial charge in [0, 0.05) is 17.1 Å². The molecule has 0 atom stereocenters. The van der Waals surface area contributed by atoms with E-state index in [1.54, 1.807) is 0 Å². The van der Waals surface area contributed by atoms with E-state index in [4.69, 9.17) is 39.6 Å². The van der Waals surface area contributed by atoms with Gasteiger partial charge in [-0.2, -0.15) is 0 Å². The van der Waals surface area contributed by atoms with Crippen molar-refractivity contribution in [2.24, 2.45) is 0 Å². The second-order valence-corrected chi connectivity index (χ2v) is 1.20. The Hall–Kier alpha value is -1.76. The maximum absolute atomic E-state index is 9.10. The number of hydrogen-bond acceptors (Lipinski definition) is 5. The Labute approximate surface area is 104 Å². The Morgan fingerprint density at radius 2 is 0.824 bits per heavy atom. The predicted octanol–water partition coefficient (Wildman–Crippen LogP) is -5.12. The summed E-state index contributed by atoms with van der Waals surface area (Å²) in [7, 11) is 0. The SMILES string of the molecule is O.O.O.O=C(O)C(=O)O.O=C([O-])C(=O)O.[Fe].[NH4+]. The first-order valence-corrected chi connectivity index (χ1v) is 2.19. The van der Waals surface area contributed by atoms with Crippen LogP contribution in [0.5, 0.6) is 0 Å².